The van der Waals surface area contributed by atoms with Crippen LogP contribution in [-0.2, 0) is 10.3 Å². The van der Waals surface area contributed by atoms with Crippen molar-refractivity contribution in [1.82, 2.24) is 4.98 Å². The SMILES string of the molecule is COc1nccc(C2(O)CCOCC2)c1Cl. The third kappa shape index (κ3) is 2.00. The average molecular weight is 244 g/mol. The van der Waals surface area contributed by atoms with Crippen LogP contribution in [0.1, 0.15) is 18.4 Å². The standard InChI is InChI=1S/C11H14ClNO3/c1-15-10-9(12)8(2-5-13-10)11(14)3-6-16-7-4-11/h2,5,14H,3-4,6-7H2,1H3. The van der Waals surface area contributed by atoms with Crippen LogP contribution in [0.2, 0.25) is 5.02 Å². The maximum Gasteiger partial charge on any atom is 0.232 e. The number of rotatable bonds is 2. The van der Waals surface area contributed by atoms with Crippen molar-refractivity contribution in [2.75, 3.05) is 20.3 Å². The highest BCUT2D eigenvalue weighted by atomic mass is 35.5. The van der Waals surface area contributed by atoms with E-state index in [1.807, 2.05) is 0 Å². The number of aromatic nitrogens is 1. The Morgan fingerprint density at radius 3 is 2.81 bits per heavy atom. The van der Waals surface area contributed by atoms with Crippen molar-refractivity contribution in [3.8, 4) is 5.88 Å². The van der Waals surface area contributed by atoms with E-state index in [0.29, 0.717) is 42.5 Å². The zero-order valence-electron chi connectivity index (χ0n) is 9.07. The quantitative estimate of drug-likeness (QED) is 0.860. The molecule has 1 aliphatic heterocycles. The van der Waals surface area contributed by atoms with Gasteiger partial charge in [0.2, 0.25) is 5.88 Å². The molecular weight excluding hydrogens is 230 g/mol. The van der Waals surface area contributed by atoms with E-state index in [0.717, 1.165) is 0 Å². The van der Waals surface area contributed by atoms with Crippen molar-refractivity contribution in [3.05, 3.63) is 22.8 Å². The third-order valence-electron chi connectivity index (χ3n) is 2.87. The van der Waals surface area contributed by atoms with Crippen molar-refractivity contribution < 1.29 is 14.6 Å². The number of aliphatic hydroxyl groups is 1. The molecule has 1 saturated heterocycles. The van der Waals surface area contributed by atoms with Crippen LogP contribution < -0.4 is 4.74 Å². The van der Waals surface area contributed by atoms with E-state index in [1.165, 1.54) is 7.11 Å². The molecular formula is C11H14ClNO3. The molecule has 88 valence electrons. The summed E-state index contributed by atoms with van der Waals surface area (Å²) in [5.74, 6) is 0.346. The van der Waals surface area contributed by atoms with Crippen molar-refractivity contribution in [1.29, 1.82) is 0 Å². The van der Waals surface area contributed by atoms with Crippen molar-refractivity contribution in [2.24, 2.45) is 0 Å². The number of hydrogen-bond donors (Lipinski definition) is 1. The Balaban J connectivity index is 2.38. The fourth-order valence-corrected chi connectivity index (χ4v) is 2.27. The lowest BCUT2D eigenvalue weighted by Gasteiger charge is -2.33. The molecule has 0 atom stereocenters. The lowest BCUT2D eigenvalue weighted by atomic mass is 9.87. The largest absolute Gasteiger partial charge is 0.480 e. The highest BCUT2D eigenvalue weighted by molar-refractivity contribution is 6.32. The van der Waals surface area contributed by atoms with Gasteiger partial charge in [0.25, 0.3) is 0 Å². The summed E-state index contributed by atoms with van der Waals surface area (Å²) >= 11 is 6.14. The molecule has 0 spiro atoms. The molecule has 0 amide bonds. The average Bonchev–Trinajstić information content (AvgIpc) is 2.30. The monoisotopic (exact) mass is 243 g/mol. The zero-order chi connectivity index (χ0) is 11.6. The second-order valence-corrected chi connectivity index (χ2v) is 4.20. The molecule has 2 heterocycles. The van der Waals surface area contributed by atoms with E-state index >= 15 is 0 Å². The van der Waals surface area contributed by atoms with Crippen LogP contribution in [0.3, 0.4) is 0 Å². The predicted octanol–water partition coefficient (Wildman–Crippen LogP) is 1.74. The number of halogens is 1. The zero-order valence-corrected chi connectivity index (χ0v) is 9.83. The molecule has 2 rings (SSSR count). The summed E-state index contributed by atoms with van der Waals surface area (Å²) in [6, 6.07) is 1.73. The minimum Gasteiger partial charge on any atom is -0.480 e. The maximum absolute atomic E-state index is 10.5. The van der Waals surface area contributed by atoms with Gasteiger partial charge in [-0.05, 0) is 6.07 Å². The Morgan fingerprint density at radius 1 is 1.50 bits per heavy atom. The smallest absolute Gasteiger partial charge is 0.232 e. The summed E-state index contributed by atoms with van der Waals surface area (Å²) in [6.45, 7) is 1.08. The molecule has 1 aromatic rings. The Kier molecular flexibility index (Phi) is 3.33. The van der Waals surface area contributed by atoms with Crippen molar-refractivity contribution in [2.45, 2.75) is 18.4 Å². The number of ether oxygens (including phenoxy) is 2. The molecule has 1 aliphatic rings. The summed E-state index contributed by atoms with van der Waals surface area (Å²) in [6.07, 6.45) is 2.67. The van der Waals surface area contributed by atoms with Gasteiger partial charge in [-0.2, -0.15) is 0 Å². The molecule has 0 aromatic carbocycles. The highest BCUT2D eigenvalue weighted by Gasteiger charge is 2.34. The van der Waals surface area contributed by atoms with Gasteiger partial charge < -0.3 is 14.6 Å². The van der Waals surface area contributed by atoms with Crippen LogP contribution in [0.25, 0.3) is 0 Å². The van der Waals surface area contributed by atoms with Gasteiger partial charge in [-0.3, -0.25) is 0 Å². The van der Waals surface area contributed by atoms with Crippen molar-refractivity contribution >= 4 is 11.6 Å². The number of hydrogen-bond acceptors (Lipinski definition) is 4. The predicted molar refractivity (Wildman–Crippen MR) is 59.7 cm³/mol. The molecule has 5 heteroatoms. The Hall–Kier alpha value is -0.840. The summed E-state index contributed by atoms with van der Waals surface area (Å²) in [5, 5.41) is 10.9. The molecule has 0 saturated carbocycles. The van der Waals surface area contributed by atoms with Crippen LogP contribution in [0.4, 0.5) is 0 Å². The highest BCUT2D eigenvalue weighted by Crippen LogP contribution is 2.38. The Bertz CT molecular complexity index is 377. The first kappa shape index (κ1) is 11.6. The molecule has 1 N–H and O–H groups in total. The van der Waals surface area contributed by atoms with Crippen LogP contribution in [0.15, 0.2) is 12.3 Å². The van der Waals surface area contributed by atoms with Gasteiger partial charge in [0.15, 0.2) is 0 Å². The Morgan fingerprint density at radius 2 is 2.19 bits per heavy atom. The number of methoxy groups -OCH3 is 1. The molecule has 16 heavy (non-hydrogen) atoms. The van der Waals surface area contributed by atoms with Crippen LogP contribution in [-0.4, -0.2) is 30.4 Å². The van der Waals surface area contributed by atoms with Crippen LogP contribution >= 0.6 is 11.6 Å². The van der Waals surface area contributed by atoms with E-state index in [2.05, 4.69) is 4.98 Å². The lowest BCUT2D eigenvalue weighted by molar-refractivity contribution is -0.0679. The molecule has 4 nitrogen and oxygen atoms in total. The second kappa shape index (κ2) is 4.57. The van der Waals surface area contributed by atoms with E-state index < -0.39 is 5.60 Å². The van der Waals surface area contributed by atoms with E-state index in [4.69, 9.17) is 21.1 Å². The van der Waals surface area contributed by atoms with Crippen molar-refractivity contribution in [3.63, 3.8) is 0 Å². The summed E-state index contributed by atoms with van der Waals surface area (Å²) in [7, 11) is 1.51. The maximum atomic E-state index is 10.5. The minimum atomic E-state index is -0.925. The van der Waals surface area contributed by atoms with Gasteiger partial charge in [-0.1, -0.05) is 11.6 Å². The van der Waals surface area contributed by atoms with E-state index in [-0.39, 0.29) is 0 Å². The van der Waals surface area contributed by atoms with Gasteiger partial charge in [-0.25, -0.2) is 4.98 Å². The van der Waals surface area contributed by atoms with E-state index in [9.17, 15) is 5.11 Å². The normalized spacial score (nSPS) is 19.4. The summed E-state index contributed by atoms with van der Waals surface area (Å²) in [5.41, 5.74) is -0.254. The lowest BCUT2D eigenvalue weighted by Crippen LogP contribution is -2.33. The van der Waals surface area contributed by atoms with Crippen LogP contribution in [0.5, 0.6) is 5.88 Å². The molecule has 0 radical (unpaired) electrons. The van der Waals surface area contributed by atoms with Gasteiger partial charge in [0, 0.05) is 37.8 Å². The molecule has 1 fully saturated rings. The first-order valence-corrected chi connectivity index (χ1v) is 5.54. The summed E-state index contributed by atoms with van der Waals surface area (Å²) in [4.78, 5) is 3.99. The fourth-order valence-electron chi connectivity index (χ4n) is 1.90. The first-order chi connectivity index (χ1) is 7.67. The van der Waals surface area contributed by atoms with Gasteiger partial charge in [-0.15, -0.1) is 0 Å². The summed E-state index contributed by atoms with van der Waals surface area (Å²) < 4.78 is 10.3. The fraction of sp³-hybridized carbons (Fsp3) is 0.545. The molecule has 0 bridgehead atoms. The van der Waals surface area contributed by atoms with Gasteiger partial charge in [0.1, 0.15) is 5.02 Å². The van der Waals surface area contributed by atoms with Gasteiger partial charge >= 0.3 is 0 Å². The molecule has 0 unspecified atom stereocenters. The van der Waals surface area contributed by atoms with Crippen LogP contribution in [0, 0.1) is 0 Å². The minimum absolute atomic E-state index is 0.346. The Labute approximate surface area is 99.2 Å². The molecule has 0 aliphatic carbocycles. The topological polar surface area (TPSA) is 51.6 Å². The van der Waals surface area contributed by atoms with E-state index in [1.54, 1.807) is 12.3 Å². The number of nitrogens with zero attached hydrogens (tertiary/aromatic N) is 1. The van der Waals surface area contributed by atoms with Gasteiger partial charge in [0.05, 0.1) is 12.7 Å². The molecule has 1 aromatic heterocycles. The number of pyridine rings is 1. The first-order valence-electron chi connectivity index (χ1n) is 5.16. The second-order valence-electron chi connectivity index (χ2n) is 3.83. The third-order valence-corrected chi connectivity index (χ3v) is 3.24.